The first kappa shape index (κ1) is 12.4. The topological polar surface area (TPSA) is 33.2 Å². The van der Waals surface area contributed by atoms with Gasteiger partial charge in [-0.3, -0.25) is 9.78 Å². The first-order valence-corrected chi connectivity index (χ1v) is 6.49. The average molecular weight is 253 g/mol. The van der Waals surface area contributed by atoms with E-state index in [-0.39, 0.29) is 5.91 Å². The van der Waals surface area contributed by atoms with Crippen LogP contribution in [0.3, 0.4) is 0 Å². The third kappa shape index (κ3) is 2.78. The second-order valence-electron chi connectivity index (χ2n) is 4.52. The normalized spacial score (nSPS) is 20.4. The van der Waals surface area contributed by atoms with Gasteiger partial charge in [-0.1, -0.05) is 24.9 Å². The number of likely N-dealkylation sites (tertiary alicyclic amines) is 1. The molecule has 2 rings (SSSR count). The van der Waals surface area contributed by atoms with E-state index in [1.54, 1.807) is 18.5 Å². The Labute approximate surface area is 107 Å². The molecule has 0 spiro atoms. The Morgan fingerprint density at radius 1 is 1.65 bits per heavy atom. The van der Waals surface area contributed by atoms with Crippen LogP contribution in [-0.4, -0.2) is 28.9 Å². The summed E-state index contributed by atoms with van der Waals surface area (Å²) < 4.78 is 0. The van der Waals surface area contributed by atoms with Gasteiger partial charge in [-0.2, -0.15) is 0 Å². The predicted molar refractivity (Wildman–Crippen MR) is 68.2 cm³/mol. The minimum Gasteiger partial charge on any atom is -0.338 e. The van der Waals surface area contributed by atoms with Crippen molar-refractivity contribution in [3.8, 4) is 0 Å². The van der Waals surface area contributed by atoms with Gasteiger partial charge in [-0.15, -0.1) is 0 Å². The number of hydrogen-bond acceptors (Lipinski definition) is 2. The van der Waals surface area contributed by atoms with Crippen molar-refractivity contribution in [2.75, 3.05) is 13.1 Å². The Bertz CT molecular complexity index is 408. The largest absolute Gasteiger partial charge is 0.338 e. The lowest BCUT2D eigenvalue weighted by molar-refractivity contribution is 0.0671. The summed E-state index contributed by atoms with van der Waals surface area (Å²) >= 11 is 6.02. The van der Waals surface area contributed by atoms with Crippen LogP contribution in [-0.2, 0) is 0 Å². The fraction of sp³-hybridized carbons (Fsp3) is 0.538. The smallest absolute Gasteiger partial charge is 0.256 e. The second-order valence-corrected chi connectivity index (χ2v) is 4.93. The zero-order chi connectivity index (χ0) is 12.3. The Morgan fingerprint density at radius 3 is 3.18 bits per heavy atom. The number of carbonyl (C=O) groups is 1. The van der Waals surface area contributed by atoms with Gasteiger partial charge >= 0.3 is 0 Å². The molecule has 17 heavy (non-hydrogen) atoms. The number of pyridine rings is 1. The molecule has 1 aromatic heterocycles. The minimum absolute atomic E-state index is 0.0150. The number of amides is 1. The fourth-order valence-electron chi connectivity index (χ4n) is 2.29. The number of hydrogen-bond donors (Lipinski definition) is 0. The molecule has 92 valence electrons. The zero-order valence-corrected chi connectivity index (χ0v) is 10.8. The molecular weight excluding hydrogens is 236 g/mol. The van der Waals surface area contributed by atoms with Gasteiger partial charge in [-0.25, -0.2) is 0 Å². The lowest BCUT2D eigenvalue weighted by atomic mass is 9.95. The molecule has 1 saturated heterocycles. The molecule has 1 aromatic rings. The molecule has 1 amide bonds. The van der Waals surface area contributed by atoms with E-state index in [9.17, 15) is 4.79 Å². The molecule has 1 aliphatic rings. The molecule has 2 heterocycles. The summed E-state index contributed by atoms with van der Waals surface area (Å²) in [5.74, 6) is 0.643. The number of rotatable bonds is 2. The maximum absolute atomic E-state index is 12.3. The molecule has 1 atom stereocenters. The van der Waals surface area contributed by atoms with Crippen molar-refractivity contribution in [2.45, 2.75) is 26.2 Å². The Balaban J connectivity index is 2.12. The highest BCUT2D eigenvalue weighted by Gasteiger charge is 2.24. The van der Waals surface area contributed by atoms with E-state index >= 15 is 0 Å². The van der Waals surface area contributed by atoms with Crippen LogP contribution in [0.4, 0.5) is 0 Å². The monoisotopic (exact) mass is 252 g/mol. The summed E-state index contributed by atoms with van der Waals surface area (Å²) in [6.07, 6.45) is 6.60. The molecule has 0 saturated carbocycles. The first-order chi connectivity index (χ1) is 8.22. The second kappa shape index (κ2) is 5.50. The number of halogens is 1. The summed E-state index contributed by atoms with van der Waals surface area (Å²) in [5.41, 5.74) is 0.519. The molecule has 1 aliphatic heterocycles. The van der Waals surface area contributed by atoms with Gasteiger partial charge in [0, 0.05) is 25.5 Å². The van der Waals surface area contributed by atoms with Crippen molar-refractivity contribution >= 4 is 17.5 Å². The lowest BCUT2D eigenvalue weighted by Crippen LogP contribution is -2.39. The number of carbonyl (C=O) groups excluding carboxylic acids is 1. The number of nitrogens with zero attached hydrogens (tertiary/aromatic N) is 2. The quantitative estimate of drug-likeness (QED) is 0.811. The third-order valence-electron chi connectivity index (χ3n) is 3.38. The van der Waals surface area contributed by atoms with Gasteiger partial charge in [-0.05, 0) is 24.8 Å². The van der Waals surface area contributed by atoms with Crippen LogP contribution in [0.25, 0.3) is 0 Å². The summed E-state index contributed by atoms with van der Waals surface area (Å²) in [5, 5.41) is 0.489. The van der Waals surface area contributed by atoms with E-state index in [1.165, 1.54) is 6.42 Å². The van der Waals surface area contributed by atoms with E-state index in [0.717, 1.165) is 25.9 Å². The fourth-order valence-corrected chi connectivity index (χ4v) is 2.47. The van der Waals surface area contributed by atoms with Crippen LogP contribution in [0.2, 0.25) is 5.02 Å². The van der Waals surface area contributed by atoms with Gasteiger partial charge < -0.3 is 4.90 Å². The van der Waals surface area contributed by atoms with Gasteiger partial charge in [0.1, 0.15) is 0 Å². The zero-order valence-electron chi connectivity index (χ0n) is 10.0. The summed E-state index contributed by atoms with van der Waals surface area (Å²) in [4.78, 5) is 18.2. The highest BCUT2D eigenvalue weighted by Crippen LogP contribution is 2.22. The van der Waals surface area contributed by atoms with Crippen molar-refractivity contribution in [2.24, 2.45) is 5.92 Å². The van der Waals surface area contributed by atoms with Gasteiger partial charge in [0.25, 0.3) is 5.91 Å². The molecule has 4 heteroatoms. The van der Waals surface area contributed by atoms with Gasteiger partial charge in [0.05, 0.1) is 10.6 Å². The third-order valence-corrected chi connectivity index (χ3v) is 3.71. The Kier molecular flexibility index (Phi) is 4.00. The van der Waals surface area contributed by atoms with Crippen LogP contribution in [0.15, 0.2) is 18.5 Å². The van der Waals surface area contributed by atoms with Crippen LogP contribution >= 0.6 is 11.6 Å². The maximum atomic E-state index is 12.3. The molecule has 1 fully saturated rings. The number of aromatic nitrogens is 1. The van der Waals surface area contributed by atoms with E-state index < -0.39 is 0 Å². The molecule has 0 aromatic carbocycles. The SMILES string of the molecule is CCC1CCCN(C(=O)c2cnccc2Cl)C1. The molecule has 0 N–H and O–H groups in total. The molecule has 3 nitrogen and oxygen atoms in total. The lowest BCUT2D eigenvalue weighted by Gasteiger charge is -2.32. The highest BCUT2D eigenvalue weighted by molar-refractivity contribution is 6.33. The van der Waals surface area contributed by atoms with Crippen molar-refractivity contribution < 1.29 is 4.79 Å². The first-order valence-electron chi connectivity index (χ1n) is 6.11. The predicted octanol–water partition coefficient (Wildman–Crippen LogP) is 3.00. The van der Waals surface area contributed by atoms with E-state index in [2.05, 4.69) is 11.9 Å². The summed E-state index contributed by atoms with van der Waals surface area (Å²) in [6, 6.07) is 1.66. The van der Waals surface area contributed by atoms with Gasteiger partial charge in [0.2, 0.25) is 0 Å². The Morgan fingerprint density at radius 2 is 2.47 bits per heavy atom. The molecule has 0 radical (unpaired) electrons. The van der Waals surface area contributed by atoms with E-state index in [4.69, 9.17) is 11.6 Å². The minimum atomic E-state index is 0.0150. The number of piperidine rings is 1. The Hall–Kier alpha value is -1.09. The van der Waals surface area contributed by atoms with Crippen LogP contribution < -0.4 is 0 Å². The van der Waals surface area contributed by atoms with Gasteiger partial charge in [0.15, 0.2) is 0 Å². The molecule has 1 unspecified atom stereocenters. The molecule has 0 aliphatic carbocycles. The van der Waals surface area contributed by atoms with Crippen LogP contribution in [0.1, 0.15) is 36.5 Å². The molecular formula is C13H17ClN2O. The van der Waals surface area contributed by atoms with Crippen LogP contribution in [0.5, 0.6) is 0 Å². The summed E-state index contributed by atoms with van der Waals surface area (Å²) in [7, 11) is 0. The maximum Gasteiger partial charge on any atom is 0.256 e. The summed E-state index contributed by atoms with van der Waals surface area (Å²) in [6.45, 7) is 3.86. The van der Waals surface area contributed by atoms with Crippen molar-refractivity contribution in [3.63, 3.8) is 0 Å². The van der Waals surface area contributed by atoms with Crippen molar-refractivity contribution in [3.05, 3.63) is 29.0 Å². The van der Waals surface area contributed by atoms with E-state index in [1.807, 2.05) is 4.90 Å². The standard InChI is InChI=1S/C13H17ClN2O/c1-2-10-4-3-7-16(9-10)13(17)11-8-15-6-5-12(11)14/h5-6,8,10H,2-4,7,9H2,1H3. The van der Waals surface area contributed by atoms with Crippen molar-refractivity contribution in [1.29, 1.82) is 0 Å². The molecule has 0 bridgehead atoms. The highest BCUT2D eigenvalue weighted by atomic mass is 35.5. The van der Waals surface area contributed by atoms with E-state index in [0.29, 0.717) is 16.5 Å². The van der Waals surface area contributed by atoms with Crippen molar-refractivity contribution in [1.82, 2.24) is 9.88 Å². The average Bonchev–Trinajstić information content (AvgIpc) is 2.38. The van der Waals surface area contributed by atoms with Crippen LogP contribution in [0, 0.1) is 5.92 Å².